The molecule has 3 aromatic rings. The minimum absolute atomic E-state index is 0.525. The highest BCUT2D eigenvalue weighted by molar-refractivity contribution is 6.34. The van der Waals surface area contributed by atoms with Crippen molar-refractivity contribution in [2.24, 2.45) is 0 Å². The molecule has 0 atom stereocenters. The van der Waals surface area contributed by atoms with Crippen LogP contribution in [0.4, 0.5) is 5.69 Å². The maximum absolute atomic E-state index is 6.33. The summed E-state index contributed by atoms with van der Waals surface area (Å²) in [5.41, 5.74) is 8.53. The number of hydrogen-bond donors (Lipinski definition) is 2. The SMILES string of the molecule is CN(C)CCOc1c(Cl)cc2c([nH]c3cnccc32)c1N. The summed E-state index contributed by atoms with van der Waals surface area (Å²) in [5, 5.41) is 2.56. The van der Waals surface area contributed by atoms with Crippen molar-refractivity contribution >= 4 is 39.1 Å². The van der Waals surface area contributed by atoms with Gasteiger partial charge in [-0.05, 0) is 26.2 Å². The van der Waals surface area contributed by atoms with Crippen LogP contribution in [0.2, 0.25) is 5.02 Å². The van der Waals surface area contributed by atoms with E-state index in [0.29, 0.717) is 23.1 Å². The van der Waals surface area contributed by atoms with Gasteiger partial charge in [-0.3, -0.25) is 4.98 Å². The van der Waals surface area contributed by atoms with Gasteiger partial charge in [-0.25, -0.2) is 0 Å². The smallest absolute Gasteiger partial charge is 0.163 e. The molecule has 0 aliphatic heterocycles. The van der Waals surface area contributed by atoms with Crippen molar-refractivity contribution < 1.29 is 4.74 Å². The van der Waals surface area contributed by atoms with Crippen molar-refractivity contribution in [3.63, 3.8) is 0 Å². The highest BCUT2D eigenvalue weighted by atomic mass is 35.5. The number of nitrogen functional groups attached to an aromatic ring is 1. The van der Waals surface area contributed by atoms with Crippen molar-refractivity contribution in [2.75, 3.05) is 33.0 Å². The molecule has 5 nitrogen and oxygen atoms in total. The molecule has 0 radical (unpaired) electrons. The second kappa shape index (κ2) is 5.42. The number of H-pyrrole nitrogens is 1. The van der Waals surface area contributed by atoms with E-state index >= 15 is 0 Å². The number of halogens is 1. The van der Waals surface area contributed by atoms with Gasteiger partial charge in [0.2, 0.25) is 0 Å². The Morgan fingerprint density at radius 2 is 2.19 bits per heavy atom. The predicted octanol–water partition coefficient (Wildman–Crippen LogP) is 2.89. The van der Waals surface area contributed by atoms with E-state index in [2.05, 4.69) is 9.97 Å². The van der Waals surface area contributed by atoms with Crippen LogP contribution in [-0.2, 0) is 0 Å². The molecule has 2 heterocycles. The van der Waals surface area contributed by atoms with Gasteiger partial charge >= 0.3 is 0 Å². The molecule has 21 heavy (non-hydrogen) atoms. The number of benzene rings is 1. The van der Waals surface area contributed by atoms with E-state index in [9.17, 15) is 0 Å². The summed E-state index contributed by atoms with van der Waals surface area (Å²) in [5.74, 6) is 0.533. The first kappa shape index (κ1) is 14.0. The van der Waals surface area contributed by atoms with E-state index in [1.807, 2.05) is 31.1 Å². The van der Waals surface area contributed by atoms with E-state index in [-0.39, 0.29) is 0 Å². The summed E-state index contributed by atoms with van der Waals surface area (Å²) in [4.78, 5) is 9.43. The third-order valence-electron chi connectivity index (χ3n) is 3.43. The Hall–Kier alpha value is -1.98. The zero-order valence-electron chi connectivity index (χ0n) is 12.0. The quantitative estimate of drug-likeness (QED) is 0.727. The molecule has 0 aliphatic rings. The third-order valence-corrected chi connectivity index (χ3v) is 3.71. The number of nitrogens with zero attached hydrogens (tertiary/aromatic N) is 2. The van der Waals surface area contributed by atoms with Crippen molar-refractivity contribution in [1.82, 2.24) is 14.9 Å². The predicted molar refractivity (Wildman–Crippen MR) is 87.1 cm³/mol. The van der Waals surface area contributed by atoms with E-state index in [1.165, 1.54) is 0 Å². The molecule has 0 saturated heterocycles. The summed E-state index contributed by atoms with van der Waals surface area (Å²) in [6.07, 6.45) is 3.52. The van der Waals surface area contributed by atoms with Gasteiger partial charge in [-0.1, -0.05) is 11.6 Å². The first-order valence-electron chi connectivity index (χ1n) is 6.69. The Morgan fingerprint density at radius 3 is 2.95 bits per heavy atom. The van der Waals surface area contributed by atoms with Crippen LogP contribution in [0.1, 0.15) is 0 Å². The first-order chi connectivity index (χ1) is 10.1. The summed E-state index contributed by atoms with van der Waals surface area (Å²) in [6.45, 7) is 1.33. The number of nitrogens with two attached hydrogens (primary N) is 1. The summed E-state index contributed by atoms with van der Waals surface area (Å²) >= 11 is 6.33. The number of nitrogens with one attached hydrogen (secondary N) is 1. The molecule has 2 aromatic heterocycles. The molecule has 0 aliphatic carbocycles. The van der Waals surface area contributed by atoms with Gasteiger partial charge in [0.1, 0.15) is 12.3 Å². The van der Waals surface area contributed by atoms with E-state index < -0.39 is 0 Å². The minimum Gasteiger partial charge on any atom is -0.488 e. The lowest BCUT2D eigenvalue weighted by Gasteiger charge is -2.14. The van der Waals surface area contributed by atoms with Gasteiger partial charge in [-0.15, -0.1) is 0 Å². The van der Waals surface area contributed by atoms with Gasteiger partial charge in [0.15, 0.2) is 5.75 Å². The molecule has 0 bridgehead atoms. The Balaban J connectivity index is 2.08. The molecule has 0 spiro atoms. The Kier molecular flexibility index (Phi) is 3.61. The molecular weight excluding hydrogens is 288 g/mol. The Labute approximate surface area is 127 Å². The fourth-order valence-electron chi connectivity index (χ4n) is 2.34. The zero-order valence-corrected chi connectivity index (χ0v) is 12.7. The highest BCUT2D eigenvalue weighted by Crippen LogP contribution is 2.40. The van der Waals surface area contributed by atoms with Crippen molar-refractivity contribution in [2.45, 2.75) is 0 Å². The highest BCUT2D eigenvalue weighted by Gasteiger charge is 2.15. The molecule has 0 unspecified atom stereocenters. The molecule has 110 valence electrons. The molecule has 0 saturated carbocycles. The summed E-state index contributed by atoms with van der Waals surface area (Å²) in [7, 11) is 3.98. The van der Waals surface area contributed by atoms with Crippen molar-refractivity contribution in [3.05, 3.63) is 29.5 Å². The van der Waals surface area contributed by atoms with E-state index in [4.69, 9.17) is 22.1 Å². The van der Waals surface area contributed by atoms with Crippen LogP contribution in [0, 0.1) is 0 Å². The van der Waals surface area contributed by atoms with Crippen LogP contribution < -0.4 is 10.5 Å². The lowest BCUT2D eigenvalue weighted by Crippen LogP contribution is -2.19. The number of hydrogen-bond acceptors (Lipinski definition) is 4. The largest absolute Gasteiger partial charge is 0.488 e. The number of fused-ring (bicyclic) bond motifs is 3. The molecular formula is C15H17ClN4O. The Morgan fingerprint density at radius 1 is 1.38 bits per heavy atom. The summed E-state index contributed by atoms with van der Waals surface area (Å²) in [6, 6.07) is 3.83. The van der Waals surface area contributed by atoms with Crippen molar-refractivity contribution in [1.29, 1.82) is 0 Å². The molecule has 1 aromatic carbocycles. The monoisotopic (exact) mass is 304 g/mol. The fourth-order valence-corrected chi connectivity index (χ4v) is 2.60. The fraction of sp³-hybridized carbons (Fsp3) is 0.267. The second-order valence-corrected chi connectivity index (χ2v) is 5.63. The minimum atomic E-state index is 0.525. The average Bonchev–Trinajstić information content (AvgIpc) is 2.81. The number of ether oxygens (including phenoxy) is 1. The standard InChI is InChI=1S/C15H17ClN4O/c1-20(2)5-6-21-15-11(16)7-10-9-3-4-18-8-12(9)19-14(10)13(15)17/h3-4,7-8,19H,5-6,17H2,1-2H3. The van der Waals surface area contributed by atoms with Gasteiger partial charge in [0, 0.05) is 23.5 Å². The van der Waals surface area contributed by atoms with Crippen LogP contribution in [-0.4, -0.2) is 42.1 Å². The van der Waals surface area contributed by atoms with Crippen LogP contribution in [0.5, 0.6) is 5.75 Å². The molecule has 6 heteroatoms. The summed E-state index contributed by atoms with van der Waals surface area (Å²) < 4.78 is 5.75. The van der Waals surface area contributed by atoms with Gasteiger partial charge in [-0.2, -0.15) is 0 Å². The number of aromatic nitrogens is 2. The van der Waals surface area contributed by atoms with Crippen LogP contribution in [0.3, 0.4) is 0 Å². The Bertz CT molecular complexity index is 797. The molecule has 0 fully saturated rings. The van der Waals surface area contributed by atoms with Crippen LogP contribution in [0.15, 0.2) is 24.5 Å². The number of likely N-dealkylation sites (N-methyl/N-ethyl adjacent to an activating group) is 1. The van der Waals surface area contributed by atoms with E-state index in [1.54, 1.807) is 12.4 Å². The molecule has 3 rings (SSSR count). The van der Waals surface area contributed by atoms with Gasteiger partial charge < -0.3 is 20.4 Å². The second-order valence-electron chi connectivity index (χ2n) is 5.22. The van der Waals surface area contributed by atoms with Crippen LogP contribution in [0.25, 0.3) is 21.8 Å². The zero-order chi connectivity index (χ0) is 15.0. The maximum Gasteiger partial charge on any atom is 0.163 e. The third kappa shape index (κ3) is 2.50. The molecule has 3 N–H and O–H groups in total. The normalized spacial score (nSPS) is 11.6. The first-order valence-corrected chi connectivity index (χ1v) is 7.06. The van der Waals surface area contributed by atoms with E-state index in [0.717, 1.165) is 28.4 Å². The number of aromatic amines is 1. The topological polar surface area (TPSA) is 67.2 Å². The average molecular weight is 305 g/mol. The maximum atomic E-state index is 6.33. The number of anilines is 1. The molecule has 0 amide bonds. The van der Waals surface area contributed by atoms with Crippen LogP contribution >= 0.6 is 11.6 Å². The lowest BCUT2D eigenvalue weighted by atomic mass is 10.1. The van der Waals surface area contributed by atoms with Gasteiger partial charge in [0.05, 0.1) is 22.3 Å². The number of pyridine rings is 1. The van der Waals surface area contributed by atoms with Gasteiger partial charge in [0.25, 0.3) is 0 Å². The van der Waals surface area contributed by atoms with Crippen molar-refractivity contribution in [3.8, 4) is 5.75 Å². The lowest BCUT2D eigenvalue weighted by molar-refractivity contribution is 0.263. The number of rotatable bonds is 4.